The molecule has 0 spiro atoms. The number of hydrogen-bond donors (Lipinski definition) is 1. The van der Waals surface area contributed by atoms with Crippen molar-refractivity contribution in [1.29, 1.82) is 0 Å². The molecule has 0 bridgehead atoms. The summed E-state index contributed by atoms with van der Waals surface area (Å²) in [5, 5.41) is 2.74. The van der Waals surface area contributed by atoms with Gasteiger partial charge in [-0.25, -0.2) is 9.18 Å². The summed E-state index contributed by atoms with van der Waals surface area (Å²) < 4.78 is 20.5. The van der Waals surface area contributed by atoms with Crippen LogP contribution in [0.25, 0.3) is 0 Å². The first kappa shape index (κ1) is 20.3. The van der Waals surface area contributed by atoms with Crippen molar-refractivity contribution in [2.75, 3.05) is 47.5 Å². The largest absolute Gasteiger partial charge is 0.442 e. The van der Waals surface area contributed by atoms with Crippen LogP contribution < -0.4 is 15.1 Å². The number of benzene rings is 1. The molecule has 0 unspecified atom stereocenters. The predicted octanol–water partition coefficient (Wildman–Crippen LogP) is 3.85. The SMILES string of the molecule is O=C(NC[C@H]1CN(c2ccc(N3CCSCC3)c(F)c2)C(=O)O1)c1ccc(Cl)s1. The van der Waals surface area contributed by atoms with E-state index in [1.807, 2.05) is 16.7 Å². The van der Waals surface area contributed by atoms with Crippen molar-refractivity contribution in [2.45, 2.75) is 6.10 Å². The number of thiophene rings is 1. The molecule has 154 valence electrons. The molecule has 0 saturated carbocycles. The van der Waals surface area contributed by atoms with Crippen LogP contribution in [0.1, 0.15) is 9.67 Å². The number of hydrogen-bond acceptors (Lipinski definition) is 6. The highest BCUT2D eigenvalue weighted by Gasteiger charge is 2.33. The zero-order valence-electron chi connectivity index (χ0n) is 15.4. The van der Waals surface area contributed by atoms with E-state index in [0.29, 0.717) is 20.6 Å². The maximum Gasteiger partial charge on any atom is 0.414 e. The number of halogens is 2. The highest BCUT2D eigenvalue weighted by atomic mass is 35.5. The Morgan fingerprint density at radius 1 is 1.28 bits per heavy atom. The van der Waals surface area contributed by atoms with E-state index < -0.39 is 12.2 Å². The fraction of sp³-hybridized carbons (Fsp3) is 0.368. The number of cyclic esters (lactones) is 1. The van der Waals surface area contributed by atoms with Crippen LogP contribution >= 0.6 is 34.7 Å². The summed E-state index contributed by atoms with van der Waals surface area (Å²) >= 11 is 8.88. The number of rotatable bonds is 5. The van der Waals surface area contributed by atoms with E-state index in [4.69, 9.17) is 16.3 Å². The predicted molar refractivity (Wildman–Crippen MR) is 115 cm³/mol. The first-order valence-electron chi connectivity index (χ1n) is 9.15. The van der Waals surface area contributed by atoms with Crippen LogP contribution in [-0.4, -0.2) is 55.8 Å². The molecule has 6 nitrogen and oxygen atoms in total. The van der Waals surface area contributed by atoms with Crippen molar-refractivity contribution < 1.29 is 18.7 Å². The molecule has 2 aliphatic rings. The van der Waals surface area contributed by atoms with E-state index in [1.165, 1.54) is 22.3 Å². The average molecular weight is 456 g/mol. The second kappa shape index (κ2) is 8.81. The zero-order chi connectivity index (χ0) is 20.4. The Labute approximate surface area is 180 Å². The molecule has 29 heavy (non-hydrogen) atoms. The summed E-state index contributed by atoms with van der Waals surface area (Å²) in [6.45, 7) is 2.03. The summed E-state index contributed by atoms with van der Waals surface area (Å²) in [7, 11) is 0. The highest BCUT2D eigenvalue weighted by molar-refractivity contribution is 7.99. The topological polar surface area (TPSA) is 61.9 Å². The summed E-state index contributed by atoms with van der Waals surface area (Å²) in [5.41, 5.74) is 1.00. The molecule has 2 aliphatic heterocycles. The lowest BCUT2D eigenvalue weighted by molar-refractivity contribution is 0.0920. The lowest BCUT2D eigenvalue weighted by Crippen LogP contribution is -2.34. The minimum Gasteiger partial charge on any atom is -0.442 e. The third-order valence-electron chi connectivity index (χ3n) is 4.76. The number of carbonyl (C=O) groups excluding carboxylic acids is 2. The van der Waals surface area contributed by atoms with Gasteiger partial charge in [0.05, 0.1) is 33.7 Å². The van der Waals surface area contributed by atoms with Crippen molar-refractivity contribution in [1.82, 2.24) is 5.32 Å². The van der Waals surface area contributed by atoms with Crippen molar-refractivity contribution >= 4 is 58.1 Å². The van der Waals surface area contributed by atoms with Crippen molar-refractivity contribution in [2.24, 2.45) is 0 Å². The monoisotopic (exact) mass is 455 g/mol. The summed E-state index contributed by atoms with van der Waals surface area (Å²) in [4.78, 5) is 28.3. The van der Waals surface area contributed by atoms with Gasteiger partial charge in [0.15, 0.2) is 0 Å². The second-order valence-electron chi connectivity index (χ2n) is 6.67. The molecule has 0 radical (unpaired) electrons. The number of amides is 2. The minimum atomic E-state index is -0.551. The molecule has 2 fully saturated rings. The molecule has 2 saturated heterocycles. The molecule has 1 aromatic carbocycles. The van der Waals surface area contributed by atoms with Crippen LogP contribution in [0.4, 0.5) is 20.6 Å². The van der Waals surface area contributed by atoms with Gasteiger partial charge < -0.3 is 15.0 Å². The van der Waals surface area contributed by atoms with Crippen molar-refractivity contribution in [3.8, 4) is 0 Å². The highest BCUT2D eigenvalue weighted by Crippen LogP contribution is 2.29. The fourth-order valence-corrected chi connectivity index (χ4v) is 5.16. The number of ether oxygens (including phenoxy) is 1. The van der Waals surface area contributed by atoms with Gasteiger partial charge in [-0.1, -0.05) is 11.6 Å². The van der Waals surface area contributed by atoms with Gasteiger partial charge in [0.25, 0.3) is 5.91 Å². The molecule has 1 aromatic heterocycles. The van der Waals surface area contributed by atoms with E-state index in [0.717, 1.165) is 24.6 Å². The van der Waals surface area contributed by atoms with Crippen LogP contribution in [0.15, 0.2) is 30.3 Å². The molecule has 1 atom stereocenters. The van der Waals surface area contributed by atoms with Gasteiger partial charge in [-0.3, -0.25) is 9.69 Å². The standard InChI is InChI=1S/C19H19ClFN3O3S2/c20-17-4-3-16(29-17)18(25)22-10-13-11-24(19(26)27-13)12-1-2-15(14(21)9-12)23-5-7-28-8-6-23/h1-4,9,13H,5-8,10-11H2,(H,22,25)/t13-/m0/s1. The Bertz CT molecular complexity index is 920. The molecular formula is C19H19ClFN3O3S2. The minimum absolute atomic E-state index is 0.169. The normalized spacial score (nSPS) is 19.4. The molecule has 3 heterocycles. The van der Waals surface area contributed by atoms with E-state index in [1.54, 1.807) is 24.3 Å². The van der Waals surface area contributed by atoms with Crippen molar-refractivity contribution in [3.63, 3.8) is 0 Å². The fourth-order valence-electron chi connectivity index (χ4n) is 3.29. The average Bonchev–Trinajstić information content (AvgIpc) is 3.32. The van der Waals surface area contributed by atoms with E-state index >= 15 is 0 Å². The summed E-state index contributed by atoms with van der Waals surface area (Å²) in [5.74, 6) is 1.33. The van der Waals surface area contributed by atoms with Gasteiger partial charge in [0.2, 0.25) is 0 Å². The number of nitrogens with zero attached hydrogens (tertiary/aromatic N) is 2. The van der Waals surface area contributed by atoms with Gasteiger partial charge in [-0.2, -0.15) is 11.8 Å². The van der Waals surface area contributed by atoms with Gasteiger partial charge in [0.1, 0.15) is 11.9 Å². The third kappa shape index (κ3) is 4.62. The molecule has 4 rings (SSSR count). The maximum absolute atomic E-state index is 14.7. The first-order valence-corrected chi connectivity index (χ1v) is 11.5. The van der Waals surface area contributed by atoms with Gasteiger partial charge in [-0.15, -0.1) is 11.3 Å². The van der Waals surface area contributed by atoms with Gasteiger partial charge in [-0.05, 0) is 30.3 Å². The smallest absolute Gasteiger partial charge is 0.414 e. The molecular weight excluding hydrogens is 437 g/mol. The molecule has 1 N–H and O–H groups in total. The summed E-state index contributed by atoms with van der Waals surface area (Å²) in [6.07, 6.45) is -1.06. The second-order valence-corrected chi connectivity index (χ2v) is 9.61. The Morgan fingerprint density at radius 3 is 2.76 bits per heavy atom. The lowest BCUT2D eigenvalue weighted by Gasteiger charge is -2.29. The Balaban J connectivity index is 1.37. The van der Waals surface area contributed by atoms with E-state index in [9.17, 15) is 14.0 Å². The first-order chi connectivity index (χ1) is 14.0. The zero-order valence-corrected chi connectivity index (χ0v) is 17.8. The molecule has 0 aliphatic carbocycles. The Kier molecular flexibility index (Phi) is 6.17. The quantitative estimate of drug-likeness (QED) is 0.742. The van der Waals surface area contributed by atoms with E-state index in [-0.39, 0.29) is 24.8 Å². The molecule has 2 amide bonds. The van der Waals surface area contributed by atoms with E-state index in [2.05, 4.69) is 5.32 Å². The third-order valence-corrected chi connectivity index (χ3v) is 6.93. The lowest BCUT2D eigenvalue weighted by atomic mass is 10.2. The maximum atomic E-state index is 14.7. The van der Waals surface area contributed by atoms with Gasteiger partial charge >= 0.3 is 6.09 Å². The Morgan fingerprint density at radius 2 is 2.07 bits per heavy atom. The molecule has 10 heteroatoms. The summed E-state index contributed by atoms with van der Waals surface area (Å²) in [6, 6.07) is 8.10. The number of carbonyl (C=O) groups is 2. The Hall–Kier alpha value is -1.97. The van der Waals surface area contributed by atoms with Crippen LogP contribution in [0.5, 0.6) is 0 Å². The van der Waals surface area contributed by atoms with Crippen LogP contribution in [0, 0.1) is 5.82 Å². The number of thioether (sulfide) groups is 1. The molecule has 2 aromatic rings. The van der Waals surface area contributed by atoms with Crippen LogP contribution in [-0.2, 0) is 4.74 Å². The van der Waals surface area contributed by atoms with Crippen molar-refractivity contribution in [3.05, 3.63) is 45.4 Å². The van der Waals surface area contributed by atoms with Crippen LogP contribution in [0.3, 0.4) is 0 Å². The van der Waals surface area contributed by atoms with Gasteiger partial charge in [0, 0.05) is 24.6 Å². The number of nitrogens with one attached hydrogen (secondary N) is 1. The number of anilines is 2. The van der Waals surface area contributed by atoms with Crippen LogP contribution in [0.2, 0.25) is 4.34 Å².